The van der Waals surface area contributed by atoms with Gasteiger partial charge in [0.1, 0.15) is 11.1 Å². The standard InChI is InChI=1S/C11H15N5OS/c12-11-14-9-8(10(18)15-11)13-5-16(9)7-2-1-6(3-7)4-17/h1-2,5-7,10,17-18H,3-4H2,(H3,12,14,15)/t6-,7+,10?/m1/s1. The first-order valence-electron chi connectivity index (χ1n) is 5.83. The van der Waals surface area contributed by atoms with Gasteiger partial charge in [0.25, 0.3) is 0 Å². The number of allylic oxidation sites excluding steroid dienone is 1. The Morgan fingerprint density at radius 1 is 1.56 bits per heavy atom. The SMILES string of the molecule is NC1=Nc2c(ncn2[C@H]2C=C[C@@H](CO)C2)C(S)N1. The van der Waals surface area contributed by atoms with Crippen LogP contribution in [0.3, 0.4) is 0 Å². The summed E-state index contributed by atoms with van der Waals surface area (Å²) in [6.45, 7) is 0.173. The molecule has 0 radical (unpaired) electrons. The Morgan fingerprint density at radius 2 is 2.39 bits per heavy atom. The third-order valence-electron chi connectivity index (χ3n) is 3.31. The summed E-state index contributed by atoms with van der Waals surface area (Å²) < 4.78 is 1.98. The van der Waals surface area contributed by atoms with E-state index in [0.717, 1.165) is 17.9 Å². The average molecular weight is 265 g/mol. The second-order valence-corrected chi connectivity index (χ2v) is 5.05. The molecule has 96 valence electrons. The van der Waals surface area contributed by atoms with Gasteiger partial charge < -0.3 is 20.7 Å². The fourth-order valence-electron chi connectivity index (χ4n) is 2.37. The van der Waals surface area contributed by atoms with Gasteiger partial charge in [0.2, 0.25) is 0 Å². The predicted molar refractivity (Wildman–Crippen MR) is 71.7 cm³/mol. The molecule has 1 aromatic heterocycles. The molecule has 2 heterocycles. The van der Waals surface area contributed by atoms with Crippen molar-refractivity contribution in [2.24, 2.45) is 16.6 Å². The van der Waals surface area contributed by atoms with Gasteiger partial charge >= 0.3 is 0 Å². The van der Waals surface area contributed by atoms with Crippen LogP contribution >= 0.6 is 12.6 Å². The number of fused-ring (bicyclic) bond motifs is 1. The number of aliphatic imine (C=N–C) groups is 1. The van der Waals surface area contributed by atoms with E-state index in [1.807, 2.05) is 10.6 Å². The molecule has 0 aromatic carbocycles. The summed E-state index contributed by atoms with van der Waals surface area (Å²) in [4.78, 5) is 8.62. The Hall–Kier alpha value is -1.47. The molecule has 2 aliphatic rings. The molecule has 3 rings (SSSR count). The minimum atomic E-state index is -0.224. The molecule has 0 saturated carbocycles. The van der Waals surface area contributed by atoms with Crippen LogP contribution in [0.25, 0.3) is 0 Å². The lowest BCUT2D eigenvalue weighted by Gasteiger charge is -2.20. The highest BCUT2D eigenvalue weighted by atomic mass is 32.1. The Morgan fingerprint density at radius 3 is 3.11 bits per heavy atom. The zero-order chi connectivity index (χ0) is 12.7. The third kappa shape index (κ3) is 1.79. The Balaban J connectivity index is 1.95. The van der Waals surface area contributed by atoms with Crippen molar-refractivity contribution in [2.75, 3.05) is 6.61 Å². The number of hydrogen-bond donors (Lipinski definition) is 4. The molecule has 1 aliphatic carbocycles. The maximum atomic E-state index is 9.16. The van der Waals surface area contributed by atoms with Gasteiger partial charge in [0.05, 0.1) is 12.4 Å². The molecule has 1 unspecified atom stereocenters. The minimum absolute atomic E-state index is 0.173. The molecule has 4 N–H and O–H groups in total. The summed E-state index contributed by atoms with van der Waals surface area (Å²) in [6, 6.07) is 0.175. The lowest BCUT2D eigenvalue weighted by molar-refractivity contribution is 0.244. The summed E-state index contributed by atoms with van der Waals surface area (Å²) in [7, 11) is 0. The van der Waals surface area contributed by atoms with E-state index in [0.29, 0.717) is 5.96 Å². The van der Waals surface area contributed by atoms with Crippen LogP contribution in [-0.4, -0.2) is 27.2 Å². The fraction of sp³-hybridized carbons (Fsp3) is 0.455. The largest absolute Gasteiger partial charge is 0.396 e. The first kappa shape index (κ1) is 11.6. The molecule has 0 bridgehead atoms. The van der Waals surface area contributed by atoms with E-state index in [2.05, 4.69) is 34.0 Å². The third-order valence-corrected chi connectivity index (χ3v) is 3.68. The van der Waals surface area contributed by atoms with Gasteiger partial charge in [-0.05, 0) is 6.42 Å². The number of hydrogen-bond acceptors (Lipinski definition) is 6. The lowest BCUT2D eigenvalue weighted by atomic mass is 10.1. The van der Waals surface area contributed by atoms with Gasteiger partial charge in [0.15, 0.2) is 11.8 Å². The van der Waals surface area contributed by atoms with E-state index < -0.39 is 0 Å². The molecule has 0 fully saturated rings. The van der Waals surface area contributed by atoms with Crippen molar-refractivity contribution in [1.82, 2.24) is 14.9 Å². The maximum Gasteiger partial charge on any atom is 0.196 e. The number of aliphatic hydroxyl groups excluding tert-OH is 1. The Bertz CT molecular complexity index is 524. The van der Waals surface area contributed by atoms with Gasteiger partial charge in [0, 0.05) is 12.5 Å². The van der Waals surface area contributed by atoms with Crippen LogP contribution < -0.4 is 11.1 Å². The van der Waals surface area contributed by atoms with Crippen LogP contribution in [0.4, 0.5) is 5.82 Å². The normalized spacial score (nSPS) is 29.9. The highest BCUT2D eigenvalue weighted by molar-refractivity contribution is 7.80. The minimum Gasteiger partial charge on any atom is -0.396 e. The first-order chi connectivity index (χ1) is 8.69. The molecule has 0 saturated heterocycles. The highest BCUT2D eigenvalue weighted by Crippen LogP contribution is 2.36. The molecule has 1 aliphatic heterocycles. The van der Waals surface area contributed by atoms with Crippen molar-refractivity contribution in [2.45, 2.75) is 17.8 Å². The number of nitrogens with one attached hydrogen (secondary N) is 1. The van der Waals surface area contributed by atoms with E-state index >= 15 is 0 Å². The Kier molecular flexibility index (Phi) is 2.79. The zero-order valence-corrected chi connectivity index (χ0v) is 10.6. The number of aromatic nitrogens is 2. The summed E-state index contributed by atoms with van der Waals surface area (Å²) in [6.07, 6.45) is 6.72. The quantitative estimate of drug-likeness (QED) is 0.462. The smallest absolute Gasteiger partial charge is 0.196 e. The van der Waals surface area contributed by atoms with Crippen molar-refractivity contribution in [3.8, 4) is 0 Å². The summed E-state index contributed by atoms with van der Waals surface area (Å²) in [5, 5.41) is 11.9. The number of nitrogens with two attached hydrogens (primary N) is 1. The molecule has 18 heavy (non-hydrogen) atoms. The molecular formula is C11H15N5OS. The van der Waals surface area contributed by atoms with E-state index in [1.165, 1.54) is 0 Å². The van der Waals surface area contributed by atoms with Crippen molar-refractivity contribution < 1.29 is 5.11 Å². The summed E-state index contributed by atoms with van der Waals surface area (Å²) in [5.41, 5.74) is 6.50. The van der Waals surface area contributed by atoms with E-state index in [4.69, 9.17) is 10.8 Å². The van der Waals surface area contributed by atoms with Crippen molar-refractivity contribution in [3.05, 3.63) is 24.2 Å². The predicted octanol–water partition coefficient (Wildman–Crippen LogP) is 0.470. The number of rotatable bonds is 2. The van der Waals surface area contributed by atoms with Gasteiger partial charge in [-0.3, -0.25) is 0 Å². The summed E-state index contributed by atoms with van der Waals surface area (Å²) in [5.74, 6) is 1.31. The van der Waals surface area contributed by atoms with Crippen molar-refractivity contribution >= 4 is 24.4 Å². The number of imidazole rings is 1. The van der Waals surface area contributed by atoms with E-state index in [-0.39, 0.29) is 23.9 Å². The van der Waals surface area contributed by atoms with Crippen LogP contribution in [0.15, 0.2) is 23.5 Å². The molecule has 6 nitrogen and oxygen atoms in total. The van der Waals surface area contributed by atoms with Gasteiger partial charge in [-0.25, -0.2) is 4.98 Å². The van der Waals surface area contributed by atoms with Gasteiger partial charge in [-0.2, -0.15) is 4.99 Å². The Labute approximate surface area is 110 Å². The van der Waals surface area contributed by atoms with Crippen molar-refractivity contribution in [3.63, 3.8) is 0 Å². The van der Waals surface area contributed by atoms with Gasteiger partial charge in [-0.1, -0.05) is 12.2 Å². The van der Waals surface area contributed by atoms with Crippen LogP contribution in [0, 0.1) is 5.92 Å². The molecule has 1 aromatic rings. The maximum absolute atomic E-state index is 9.16. The van der Waals surface area contributed by atoms with E-state index in [1.54, 1.807) is 6.33 Å². The number of aliphatic hydroxyl groups is 1. The molecule has 3 atom stereocenters. The first-order valence-corrected chi connectivity index (χ1v) is 6.35. The number of thiol groups is 1. The van der Waals surface area contributed by atoms with Crippen LogP contribution in [0.2, 0.25) is 0 Å². The van der Waals surface area contributed by atoms with E-state index in [9.17, 15) is 0 Å². The highest BCUT2D eigenvalue weighted by Gasteiger charge is 2.27. The number of nitrogens with zero attached hydrogens (tertiary/aromatic N) is 3. The molecule has 0 spiro atoms. The average Bonchev–Trinajstić information content (AvgIpc) is 2.93. The second kappa shape index (κ2) is 4.33. The molecule has 0 amide bonds. The summed E-state index contributed by atoms with van der Waals surface area (Å²) >= 11 is 4.39. The topological polar surface area (TPSA) is 88.5 Å². The van der Waals surface area contributed by atoms with Crippen LogP contribution in [0.5, 0.6) is 0 Å². The monoisotopic (exact) mass is 265 g/mol. The fourth-order valence-corrected chi connectivity index (χ4v) is 2.68. The molecular weight excluding hydrogens is 250 g/mol. The van der Waals surface area contributed by atoms with Gasteiger partial charge in [-0.15, -0.1) is 12.6 Å². The van der Waals surface area contributed by atoms with Crippen molar-refractivity contribution in [1.29, 1.82) is 0 Å². The lowest BCUT2D eigenvalue weighted by Crippen LogP contribution is -2.35. The number of guanidine groups is 1. The second-order valence-electron chi connectivity index (χ2n) is 4.54. The zero-order valence-electron chi connectivity index (χ0n) is 9.69. The van der Waals surface area contributed by atoms with Crippen LogP contribution in [-0.2, 0) is 0 Å². The molecule has 7 heteroatoms. The van der Waals surface area contributed by atoms with Crippen LogP contribution in [0.1, 0.15) is 23.5 Å².